The number of rotatable bonds is 7. The average Bonchev–Trinajstić information content (AvgIpc) is 2.35. The van der Waals surface area contributed by atoms with Crippen LogP contribution in [0.2, 0.25) is 0 Å². The fraction of sp³-hybridized carbons (Fsp3) is 0.429. The molecule has 0 aliphatic rings. The van der Waals surface area contributed by atoms with Gasteiger partial charge in [0.05, 0.1) is 12.4 Å². The maximum atomic E-state index is 11.3. The molecule has 1 aromatic carbocycles. The fourth-order valence-electron chi connectivity index (χ4n) is 1.52. The van der Waals surface area contributed by atoms with Crippen LogP contribution in [0.1, 0.15) is 18.9 Å². The molecule has 1 rings (SSSR count). The zero-order chi connectivity index (χ0) is 13.4. The van der Waals surface area contributed by atoms with Crippen molar-refractivity contribution >= 4 is 9.84 Å². The van der Waals surface area contributed by atoms with Crippen molar-refractivity contribution in [3.8, 4) is 18.1 Å². The predicted octanol–water partition coefficient (Wildman–Crippen LogP) is 2.07. The van der Waals surface area contributed by atoms with E-state index in [1.54, 1.807) is 0 Å². The molecule has 0 aliphatic heterocycles. The first-order valence-corrected chi connectivity index (χ1v) is 7.75. The Bertz CT molecular complexity index is 512. The van der Waals surface area contributed by atoms with Gasteiger partial charge in [0.15, 0.2) is 9.84 Å². The number of sulfone groups is 1. The summed E-state index contributed by atoms with van der Waals surface area (Å²) in [7, 11) is -3.12. The summed E-state index contributed by atoms with van der Waals surface area (Å²) in [6.07, 6.45) is 6.39. The Morgan fingerprint density at radius 1 is 1.39 bits per heavy atom. The summed E-state index contributed by atoms with van der Waals surface area (Å²) in [5, 5.41) is 0. The van der Waals surface area contributed by atoms with Gasteiger partial charge in [-0.25, -0.2) is 8.42 Å². The van der Waals surface area contributed by atoms with E-state index in [1.807, 2.05) is 24.3 Å². The van der Waals surface area contributed by atoms with Crippen molar-refractivity contribution in [1.29, 1.82) is 0 Å². The summed E-state index contributed by atoms with van der Waals surface area (Å²) in [5.41, 5.74) is 1.20. The lowest BCUT2D eigenvalue weighted by molar-refractivity contribution is 0.317. The van der Waals surface area contributed by atoms with Crippen molar-refractivity contribution in [1.82, 2.24) is 0 Å². The van der Waals surface area contributed by atoms with Crippen LogP contribution in [0.4, 0.5) is 0 Å². The maximum Gasteiger partial charge on any atom is 0.161 e. The van der Waals surface area contributed by atoms with E-state index in [4.69, 9.17) is 11.2 Å². The zero-order valence-electron chi connectivity index (χ0n) is 10.6. The van der Waals surface area contributed by atoms with Gasteiger partial charge < -0.3 is 4.74 Å². The van der Waals surface area contributed by atoms with Crippen molar-refractivity contribution in [3.05, 3.63) is 29.8 Å². The van der Waals surface area contributed by atoms with Crippen LogP contribution in [0.15, 0.2) is 24.3 Å². The minimum atomic E-state index is -3.12. The van der Waals surface area contributed by atoms with Crippen LogP contribution in [0.3, 0.4) is 0 Å². The van der Waals surface area contributed by atoms with Gasteiger partial charge in [-0.05, 0) is 30.5 Å². The van der Waals surface area contributed by atoms with E-state index in [9.17, 15) is 8.42 Å². The number of hydrogen-bond donors (Lipinski definition) is 0. The van der Waals surface area contributed by atoms with E-state index >= 15 is 0 Å². The van der Waals surface area contributed by atoms with Gasteiger partial charge in [0.1, 0.15) is 11.5 Å². The van der Waals surface area contributed by atoms with Crippen molar-refractivity contribution < 1.29 is 13.2 Å². The minimum Gasteiger partial charge on any atom is -0.494 e. The van der Waals surface area contributed by atoms with E-state index in [0.717, 1.165) is 12.2 Å². The highest BCUT2D eigenvalue weighted by molar-refractivity contribution is 7.91. The summed E-state index contributed by atoms with van der Waals surface area (Å²) in [4.78, 5) is 0. The average molecular weight is 266 g/mol. The fourth-order valence-corrected chi connectivity index (χ4v) is 2.48. The van der Waals surface area contributed by atoms with Crippen molar-refractivity contribution in [2.75, 3.05) is 18.1 Å². The van der Waals surface area contributed by atoms with Gasteiger partial charge >= 0.3 is 0 Å². The SMILES string of the molecule is C#CCS(=O)(=O)CCCOc1cccc(CC)c1. The molecule has 0 amide bonds. The van der Waals surface area contributed by atoms with Crippen LogP contribution in [-0.4, -0.2) is 26.5 Å². The highest BCUT2D eigenvalue weighted by Crippen LogP contribution is 2.13. The van der Waals surface area contributed by atoms with Gasteiger partial charge in [-0.15, -0.1) is 6.42 Å². The van der Waals surface area contributed by atoms with Gasteiger partial charge in [-0.1, -0.05) is 25.0 Å². The summed E-state index contributed by atoms with van der Waals surface area (Å²) in [6.45, 7) is 2.46. The molecule has 0 N–H and O–H groups in total. The van der Waals surface area contributed by atoms with Gasteiger partial charge in [0.2, 0.25) is 0 Å². The molecule has 0 saturated heterocycles. The normalized spacial score (nSPS) is 10.9. The van der Waals surface area contributed by atoms with Crippen molar-refractivity contribution in [2.45, 2.75) is 19.8 Å². The third-order valence-electron chi connectivity index (χ3n) is 2.48. The second-order valence-electron chi connectivity index (χ2n) is 4.00. The first kappa shape index (κ1) is 14.6. The molecule has 0 bridgehead atoms. The lowest BCUT2D eigenvalue weighted by atomic mass is 10.2. The van der Waals surface area contributed by atoms with Crippen molar-refractivity contribution in [3.63, 3.8) is 0 Å². The molecule has 3 nitrogen and oxygen atoms in total. The van der Waals surface area contributed by atoms with Gasteiger partial charge in [0.25, 0.3) is 0 Å². The largest absolute Gasteiger partial charge is 0.494 e. The lowest BCUT2D eigenvalue weighted by Crippen LogP contribution is -2.12. The van der Waals surface area contributed by atoms with Gasteiger partial charge in [-0.2, -0.15) is 0 Å². The molecule has 0 heterocycles. The third kappa shape index (κ3) is 5.24. The predicted molar refractivity (Wildman–Crippen MR) is 73.4 cm³/mol. The summed E-state index contributed by atoms with van der Waals surface area (Å²) >= 11 is 0. The third-order valence-corrected chi connectivity index (χ3v) is 4.00. The van der Waals surface area contributed by atoms with E-state index in [0.29, 0.717) is 13.0 Å². The Balaban J connectivity index is 2.36. The summed E-state index contributed by atoms with van der Waals surface area (Å²) in [5.74, 6) is 2.81. The van der Waals surface area contributed by atoms with Crippen LogP contribution in [0.5, 0.6) is 5.75 Å². The van der Waals surface area contributed by atoms with Crippen molar-refractivity contribution in [2.24, 2.45) is 0 Å². The number of aryl methyl sites for hydroxylation is 1. The first-order chi connectivity index (χ1) is 8.57. The van der Waals surface area contributed by atoms with E-state index < -0.39 is 9.84 Å². The quantitative estimate of drug-likeness (QED) is 0.560. The molecule has 0 fully saturated rings. The second-order valence-corrected chi connectivity index (χ2v) is 6.18. The van der Waals surface area contributed by atoms with E-state index in [2.05, 4.69) is 12.8 Å². The molecule has 0 radical (unpaired) electrons. The van der Waals surface area contributed by atoms with Crippen LogP contribution < -0.4 is 4.74 Å². The number of ether oxygens (including phenoxy) is 1. The monoisotopic (exact) mass is 266 g/mol. The molecular weight excluding hydrogens is 248 g/mol. The molecular formula is C14H18O3S. The summed E-state index contributed by atoms with van der Waals surface area (Å²) < 4.78 is 28.2. The first-order valence-electron chi connectivity index (χ1n) is 5.93. The standard InChI is InChI=1S/C14H18O3S/c1-3-10-18(15,16)11-6-9-17-14-8-5-7-13(4-2)12-14/h1,5,7-8,12H,4,6,9-11H2,2H3. The smallest absolute Gasteiger partial charge is 0.161 e. The minimum absolute atomic E-state index is 0.0741. The van der Waals surface area contributed by atoms with Crippen LogP contribution in [0.25, 0.3) is 0 Å². The Hall–Kier alpha value is -1.47. The topological polar surface area (TPSA) is 43.4 Å². The maximum absolute atomic E-state index is 11.3. The Morgan fingerprint density at radius 2 is 2.17 bits per heavy atom. The molecule has 18 heavy (non-hydrogen) atoms. The Labute approximate surface area is 109 Å². The van der Waals surface area contributed by atoms with E-state index in [1.165, 1.54) is 5.56 Å². The highest BCUT2D eigenvalue weighted by Gasteiger charge is 2.08. The number of terminal acetylenes is 1. The molecule has 0 aromatic heterocycles. The molecule has 0 unspecified atom stereocenters. The van der Waals surface area contributed by atoms with Crippen LogP contribution >= 0.6 is 0 Å². The highest BCUT2D eigenvalue weighted by atomic mass is 32.2. The lowest BCUT2D eigenvalue weighted by Gasteiger charge is -2.07. The van der Waals surface area contributed by atoms with Crippen LogP contribution in [-0.2, 0) is 16.3 Å². The van der Waals surface area contributed by atoms with Gasteiger partial charge in [-0.3, -0.25) is 0 Å². The second kappa shape index (κ2) is 7.07. The molecule has 4 heteroatoms. The number of hydrogen-bond acceptors (Lipinski definition) is 3. The molecule has 98 valence electrons. The summed E-state index contributed by atoms with van der Waals surface area (Å²) in [6, 6.07) is 7.80. The molecule has 1 aromatic rings. The molecule has 0 spiro atoms. The Kier molecular flexibility index (Phi) is 5.73. The van der Waals surface area contributed by atoms with Gasteiger partial charge in [0, 0.05) is 0 Å². The molecule has 0 aliphatic carbocycles. The molecule has 0 saturated carbocycles. The Morgan fingerprint density at radius 3 is 2.83 bits per heavy atom. The van der Waals surface area contributed by atoms with Crippen LogP contribution in [0, 0.1) is 12.3 Å². The zero-order valence-corrected chi connectivity index (χ0v) is 11.4. The van der Waals surface area contributed by atoms with E-state index in [-0.39, 0.29) is 11.5 Å². The number of benzene rings is 1. The molecule has 0 atom stereocenters.